The van der Waals surface area contributed by atoms with Crippen LogP contribution >= 0.6 is 15.9 Å². The molecule has 1 aromatic carbocycles. The number of aliphatic carboxylic acids is 1. The summed E-state index contributed by atoms with van der Waals surface area (Å²) < 4.78 is 40.9. The van der Waals surface area contributed by atoms with Crippen molar-refractivity contribution in [2.75, 3.05) is 6.61 Å². The lowest BCUT2D eigenvalue weighted by molar-refractivity contribution is -0.153. The van der Waals surface area contributed by atoms with Gasteiger partial charge in [0.1, 0.15) is 5.75 Å². The van der Waals surface area contributed by atoms with Crippen molar-refractivity contribution in [3.63, 3.8) is 0 Å². The van der Waals surface area contributed by atoms with Crippen LogP contribution < -0.4 is 10.5 Å². The van der Waals surface area contributed by atoms with Crippen molar-refractivity contribution in [3.8, 4) is 5.75 Å². The first-order valence-corrected chi connectivity index (χ1v) is 5.94. The van der Waals surface area contributed by atoms with Crippen LogP contribution in [0.4, 0.5) is 13.2 Å². The molecule has 0 amide bonds. The maximum atomic E-state index is 12.0. The molecule has 0 aliphatic heterocycles. The SMILES string of the molecule is NC(CC(=O)O)c1ccc(OCC(F)(F)F)c(Br)c1. The Labute approximate surface area is 115 Å². The zero-order valence-corrected chi connectivity index (χ0v) is 11.2. The summed E-state index contributed by atoms with van der Waals surface area (Å²) >= 11 is 3.05. The highest BCUT2D eigenvalue weighted by atomic mass is 79.9. The van der Waals surface area contributed by atoms with E-state index in [0.29, 0.717) is 5.56 Å². The van der Waals surface area contributed by atoms with Crippen LogP contribution in [0, 0.1) is 0 Å². The summed E-state index contributed by atoms with van der Waals surface area (Å²) in [5, 5.41) is 8.60. The van der Waals surface area contributed by atoms with Crippen molar-refractivity contribution in [1.82, 2.24) is 0 Å². The van der Waals surface area contributed by atoms with Gasteiger partial charge in [-0.3, -0.25) is 4.79 Å². The second-order valence-electron chi connectivity index (χ2n) is 3.80. The molecule has 106 valence electrons. The molecule has 3 N–H and O–H groups in total. The molecule has 0 aliphatic carbocycles. The summed E-state index contributed by atoms with van der Waals surface area (Å²) in [5.41, 5.74) is 6.13. The number of alkyl halides is 3. The largest absolute Gasteiger partial charge is 0.483 e. The Morgan fingerprint density at radius 2 is 2.11 bits per heavy atom. The minimum atomic E-state index is -4.42. The molecule has 1 aromatic rings. The normalized spacial score (nSPS) is 13.1. The van der Waals surface area contributed by atoms with Crippen LogP contribution in [-0.2, 0) is 4.79 Å². The Kier molecular flexibility index (Phi) is 5.19. The molecule has 8 heteroatoms. The van der Waals surface area contributed by atoms with Crippen LogP contribution in [-0.4, -0.2) is 23.9 Å². The van der Waals surface area contributed by atoms with Crippen molar-refractivity contribution in [3.05, 3.63) is 28.2 Å². The lowest BCUT2D eigenvalue weighted by atomic mass is 10.0. The van der Waals surface area contributed by atoms with Crippen LogP contribution in [0.3, 0.4) is 0 Å². The first-order chi connectivity index (χ1) is 8.69. The molecule has 1 unspecified atom stereocenters. The van der Waals surface area contributed by atoms with Crippen molar-refractivity contribution < 1.29 is 27.8 Å². The summed E-state index contributed by atoms with van der Waals surface area (Å²) in [5.74, 6) is -1.04. The average molecular weight is 342 g/mol. The quantitative estimate of drug-likeness (QED) is 0.863. The van der Waals surface area contributed by atoms with E-state index in [4.69, 9.17) is 10.8 Å². The van der Waals surface area contributed by atoms with Gasteiger partial charge in [0.25, 0.3) is 0 Å². The third-order valence-corrected chi connectivity index (χ3v) is 2.79. The molecule has 4 nitrogen and oxygen atoms in total. The van der Waals surface area contributed by atoms with Crippen LogP contribution in [0.15, 0.2) is 22.7 Å². The maximum absolute atomic E-state index is 12.0. The number of hydrogen-bond acceptors (Lipinski definition) is 3. The highest BCUT2D eigenvalue weighted by Crippen LogP contribution is 2.30. The van der Waals surface area contributed by atoms with E-state index in [1.54, 1.807) is 0 Å². The molecule has 1 atom stereocenters. The second-order valence-corrected chi connectivity index (χ2v) is 4.65. The Hall–Kier alpha value is -1.28. The number of hydrogen-bond donors (Lipinski definition) is 2. The van der Waals surface area contributed by atoms with Crippen molar-refractivity contribution in [1.29, 1.82) is 0 Å². The topological polar surface area (TPSA) is 72.6 Å². The van der Waals surface area contributed by atoms with E-state index in [0.717, 1.165) is 0 Å². The van der Waals surface area contributed by atoms with Gasteiger partial charge in [-0.15, -0.1) is 0 Å². The highest BCUT2D eigenvalue weighted by molar-refractivity contribution is 9.10. The Morgan fingerprint density at radius 1 is 1.47 bits per heavy atom. The fourth-order valence-corrected chi connectivity index (χ4v) is 1.84. The molecule has 0 heterocycles. The fourth-order valence-electron chi connectivity index (χ4n) is 1.33. The number of carbonyl (C=O) groups is 1. The second kappa shape index (κ2) is 6.25. The maximum Gasteiger partial charge on any atom is 0.422 e. The molecule has 0 radical (unpaired) electrons. The minimum Gasteiger partial charge on any atom is -0.483 e. The van der Waals surface area contributed by atoms with Gasteiger partial charge >= 0.3 is 12.1 Å². The predicted octanol–water partition coefficient (Wildman–Crippen LogP) is 2.86. The van der Waals surface area contributed by atoms with Gasteiger partial charge in [0.2, 0.25) is 0 Å². The van der Waals surface area contributed by atoms with Gasteiger partial charge in [0, 0.05) is 6.04 Å². The average Bonchev–Trinajstić information content (AvgIpc) is 2.25. The molecule has 0 aromatic heterocycles. The van der Waals surface area contributed by atoms with E-state index in [1.165, 1.54) is 18.2 Å². The highest BCUT2D eigenvalue weighted by Gasteiger charge is 2.28. The number of carboxylic acids is 1. The molecular formula is C11H11BrF3NO3. The number of nitrogens with two attached hydrogens (primary N) is 1. The van der Waals surface area contributed by atoms with Gasteiger partial charge in [-0.2, -0.15) is 13.2 Å². The molecule has 0 saturated carbocycles. The summed E-state index contributed by atoms with van der Waals surface area (Å²) in [6.45, 7) is -1.40. The van der Waals surface area contributed by atoms with Gasteiger partial charge in [0.05, 0.1) is 10.9 Å². The van der Waals surface area contributed by atoms with Crippen LogP contribution in [0.1, 0.15) is 18.0 Å². The van der Waals surface area contributed by atoms with Crippen molar-refractivity contribution in [2.45, 2.75) is 18.6 Å². The standard InChI is InChI=1S/C11H11BrF3NO3/c12-7-3-6(8(16)4-10(17)18)1-2-9(7)19-5-11(13,14)15/h1-3,8H,4-5,16H2,(H,17,18). The molecule has 0 aliphatic rings. The number of carboxylic acid groups (broad SMARTS) is 1. The van der Waals surface area contributed by atoms with E-state index in [-0.39, 0.29) is 16.6 Å². The van der Waals surface area contributed by atoms with E-state index < -0.39 is 24.8 Å². The van der Waals surface area contributed by atoms with Crippen LogP contribution in [0.2, 0.25) is 0 Å². The molecule has 0 fully saturated rings. The monoisotopic (exact) mass is 341 g/mol. The van der Waals surface area contributed by atoms with Gasteiger partial charge in [-0.1, -0.05) is 6.07 Å². The van der Waals surface area contributed by atoms with Crippen LogP contribution in [0.25, 0.3) is 0 Å². The fraction of sp³-hybridized carbons (Fsp3) is 0.364. The van der Waals surface area contributed by atoms with Gasteiger partial charge < -0.3 is 15.6 Å². The summed E-state index contributed by atoms with van der Waals surface area (Å²) in [4.78, 5) is 10.5. The van der Waals surface area contributed by atoms with E-state index in [2.05, 4.69) is 20.7 Å². The molecule has 0 spiro atoms. The number of halogens is 4. The number of rotatable bonds is 5. The zero-order chi connectivity index (χ0) is 14.6. The summed E-state index contributed by atoms with van der Waals surface area (Å²) in [7, 11) is 0. The lowest BCUT2D eigenvalue weighted by Crippen LogP contribution is -2.19. The molecule has 0 bridgehead atoms. The molecular weight excluding hydrogens is 331 g/mol. The van der Waals surface area contributed by atoms with E-state index >= 15 is 0 Å². The Balaban J connectivity index is 2.77. The number of benzene rings is 1. The Bertz CT molecular complexity index is 465. The third kappa shape index (κ3) is 5.48. The molecule has 19 heavy (non-hydrogen) atoms. The zero-order valence-electron chi connectivity index (χ0n) is 9.58. The van der Waals surface area contributed by atoms with Gasteiger partial charge in [-0.05, 0) is 33.6 Å². The van der Waals surface area contributed by atoms with E-state index in [1.807, 2.05) is 0 Å². The Morgan fingerprint density at radius 3 is 2.58 bits per heavy atom. The smallest absolute Gasteiger partial charge is 0.422 e. The first kappa shape index (κ1) is 15.8. The number of ether oxygens (including phenoxy) is 1. The lowest BCUT2D eigenvalue weighted by Gasteiger charge is -2.14. The van der Waals surface area contributed by atoms with E-state index in [9.17, 15) is 18.0 Å². The molecule has 0 saturated heterocycles. The van der Waals surface area contributed by atoms with Crippen LogP contribution in [0.5, 0.6) is 5.75 Å². The third-order valence-electron chi connectivity index (χ3n) is 2.17. The first-order valence-electron chi connectivity index (χ1n) is 5.15. The van der Waals surface area contributed by atoms with Gasteiger partial charge in [-0.25, -0.2) is 0 Å². The summed E-state index contributed by atoms with van der Waals surface area (Å²) in [6, 6.07) is 3.46. The van der Waals surface area contributed by atoms with Crippen molar-refractivity contribution >= 4 is 21.9 Å². The minimum absolute atomic E-state index is 0.0172. The molecule has 1 rings (SSSR count). The van der Waals surface area contributed by atoms with Gasteiger partial charge in [0.15, 0.2) is 6.61 Å². The van der Waals surface area contributed by atoms with Crippen molar-refractivity contribution in [2.24, 2.45) is 5.73 Å². The summed E-state index contributed by atoms with van der Waals surface area (Å²) in [6.07, 6.45) is -4.69. The predicted molar refractivity (Wildman–Crippen MR) is 64.9 cm³/mol.